The molecule has 0 spiro atoms. The normalized spacial score (nSPS) is 13.4. The fourth-order valence-electron chi connectivity index (χ4n) is 4.20. The van der Waals surface area contributed by atoms with Crippen molar-refractivity contribution in [2.24, 2.45) is 0 Å². The quantitative estimate of drug-likeness (QED) is 0.583. The van der Waals surface area contributed by atoms with E-state index in [0.29, 0.717) is 23.8 Å². The zero-order valence-electron chi connectivity index (χ0n) is 16.4. The van der Waals surface area contributed by atoms with Crippen LogP contribution in [0.2, 0.25) is 0 Å². The molecule has 144 valence electrons. The molecule has 1 aliphatic rings. The predicted octanol–water partition coefficient (Wildman–Crippen LogP) is 3.27. The van der Waals surface area contributed by atoms with Crippen LogP contribution in [-0.4, -0.2) is 26.2 Å². The molecule has 0 saturated carbocycles. The molecule has 1 aromatic carbocycles. The van der Waals surface area contributed by atoms with Crippen LogP contribution < -0.4 is 5.32 Å². The molecule has 7 nitrogen and oxygen atoms in total. The first-order valence-corrected chi connectivity index (χ1v) is 9.66. The maximum absolute atomic E-state index is 9.56. The fraction of sp³-hybridized carbons (Fsp3) is 0.273. The molecule has 5 rings (SSSR count). The van der Waals surface area contributed by atoms with Crippen molar-refractivity contribution >= 4 is 10.9 Å². The summed E-state index contributed by atoms with van der Waals surface area (Å²) in [6, 6.07) is 10.2. The van der Waals surface area contributed by atoms with E-state index in [1.54, 1.807) is 0 Å². The van der Waals surface area contributed by atoms with Gasteiger partial charge in [-0.15, -0.1) is 0 Å². The molecule has 0 atom stereocenters. The minimum absolute atomic E-state index is 0.421. The number of hydrogen-bond acceptors (Lipinski definition) is 6. The Kier molecular flexibility index (Phi) is 4.14. The summed E-state index contributed by atoms with van der Waals surface area (Å²) >= 11 is 0. The molecule has 0 radical (unpaired) electrons. The highest BCUT2D eigenvalue weighted by atomic mass is 16.5. The number of para-hydroxylation sites is 1. The molecule has 29 heavy (non-hydrogen) atoms. The molecular weight excluding hydrogens is 364 g/mol. The third kappa shape index (κ3) is 2.80. The number of hydrogen-bond donors (Lipinski definition) is 1. The largest absolute Gasteiger partial charge is 0.337 e. The molecule has 4 aromatic rings. The van der Waals surface area contributed by atoms with Gasteiger partial charge in [-0.1, -0.05) is 23.4 Å². The summed E-state index contributed by atoms with van der Waals surface area (Å²) in [5.74, 6) is 1.10. The third-order valence-electron chi connectivity index (χ3n) is 5.66. The van der Waals surface area contributed by atoms with Gasteiger partial charge in [-0.3, -0.25) is 4.98 Å². The Morgan fingerprint density at radius 2 is 2.14 bits per heavy atom. The molecule has 0 saturated heterocycles. The number of aromatic nitrogens is 4. The molecule has 0 aliphatic carbocycles. The van der Waals surface area contributed by atoms with E-state index in [4.69, 9.17) is 4.52 Å². The van der Waals surface area contributed by atoms with Crippen LogP contribution in [0.4, 0.5) is 0 Å². The second-order valence-corrected chi connectivity index (χ2v) is 7.34. The lowest BCUT2D eigenvalue weighted by Crippen LogP contribution is -2.24. The zero-order chi connectivity index (χ0) is 20.0. The number of pyridine rings is 1. The molecule has 1 N–H and O–H groups in total. The number of aryl methyl sites for hydroxylation is 1. The molecule has 4 heterocycles. The van der Waals surface area contributed by atoms with Crippen molar-refractivity contribution in [3.63, 3.8) is 0 Å². The summed E-state index contributed by atoms with van der Waals surface area (Å²) in [7, 11) is 0. The molecule has 0 unspecified atom stereocenters. The van der Waals surface area contributed by atoms with Crippen molar-refractivity contribution in [3.05, 3.63) is 64.4 Å². The summed E-state index contributed by atoms with van der Waals surface area (Å²) in [4.78, 5) is 9.21. The maximum Gasteiger partial charge on any atom is 0.246 e. The van der Waals surface area contributed by atoms with Gasteiger partial charge in [0.1, 0.15) is 12.6 Å². The van der Waals surface area contributed by atoms with Crippen molar-refractivity contribution in [2.45, 2.75) is 33.4 Å². The second-order valence-electron chi connectivity index (χ2n) is 7.34. The summed E-state index contributed by atoms with van der Waals surface area (Å²) in [5.41, 5.74) is 6.90. The number of nitrogens with zero attached hydrogens (tertiary/aromatic N) is 5. The van der Waals surface area contributed by atoms with Crippen LogP contribution in [0.15, 0.2) is 35.0 Å². The zero-order valence-corrected chi connectivity index (χ0v) is 16.4. The van der Waals surface area contributed by atoms with E-state index in [1.165, 1.54) is 11.1 Å². The highest BCUT2D eigenvalue weighted by Gasteiger charge is 2.22. The first-order valence-electron chi connectivity index (χ1n) is 9.66. The third-order valence-corrected chi connectivity index (χ3v) is 5.66. The first-order chi connectivity index (χ1) is 14.2. The van der Waals surface area contributed by atoms with E-state index in [-0.39, 0.29) is 0 Å². The lowest BCUT2D eigenvalue weighted by Gasteiger charge is -2.19. The summed E-state index contributed by atoms with van der Waals surface area (Å²) in [5, 5.41) is 18.1. The molecule has 0 amide bonds. The monoisotopic (exact) mass is 384 g/mol. The summed E-state index contributed by atoms with van der Waals surface area (Å²) < 4.78 is 7.66. The second kappa shape index (κ2) is 6.83. The van der Waals surface area contributed by atoms with Crippen molar-refractivity contribution in [2.75, 3.05) is 6.54 Å². The van der Waals surface area contributed by atoms with Crippen LogP contribution in [0.25, 0.3) is 22.3 Å². The first kappa shape index (κ1) is 17.6. The highest BCUT2D eigenvalue weighted by molar-refractivity contribution is 5.88. The minimum atomic E-state index is 0.421. The van der Waals surface area contributed by atoms with Crippen LogP contribution in [0, 0.1) is 25.2 Å². The lowest BCUT2D eigenvalue weighted by molar-refractivity contribution is 0.372. The Bertz CT molecular complexity index is 1280. The topological polar surface area (TPSA) is 92.6 Å². The Hall–Kier alpha value is -3.50. The van der Waals surface area contributed by atoms with Gasteiger partial charge in [0, 0.05) is 35.1 Å². The van der Waals surface area contributed by atoms with Gasteiger partial charge in [0.25, 0.3) is 0 Å². The SMILES string of the molecule is Cc1ncc2c(c1-c1noc(Cn3c(C)c(C#N)c4ccccc43)n1)CCNC2. The Morgan fingerprint density at radius 3 is 3.00 bits per heavy atom. The van der Waals surface area contributed by atoms with E-state index in [1.807, 2.05) is 44.3 Å². The fourth-order valence-corrected chi connectivity index (χ4v) is 4.20. The van der Waals surface area contributed by atoms with Gasteiger partial charge in [-0.2, -0.15) is 10.2 Å². The summed E-state index contributed by atoms with van der Waals surface area (Å²) in [6.07, 6.45) is 2.85. The lowest BCUT2D eigenvalue weighted by atomic mass is 9.95. The van der Waals surface area contributed by atoms with Crippen LogP contribution in [0.1, 0.15) is 34.0 Å². The highest BCUT2D eigenvalue weighted by Crippen LogP contribution is 2.30. The van der Waals surface area contributed by atoms with E-state index >= 15 is 0 Å². The standard InChI is InChI=1S/C22H20N6O/c1-13-21(16-7-8-24-10-15(16)11-25-13)22-26-20(29-27-22)12-28-14(2)18(9-23)17-5-3-4-6-19(17)28/h3-6,11,24H,7-8,10,12H2,1-2H3. The van der Waals surface area contributed by atoms with Crippen LogP contribution in [0.5, 0.6) is 0 Å². The van der Waals surface area contributed by atoms with Gasteiger partial charge in [-0.25, -0.2) is 0 Å². The van der Waals surface area contributed by atoms with Gasteiger partial charge in [-0.05, 0) is 44.0 Å². The van der Waals surface area contributed by atoms with E-state index in [0.717, 1.165) is 47.4 Å². The number of nitrogens with one attached hydrogen (secondary N) is 1. The average molecular weight is 384 g/mol. The molecule has 1 aliphatic heterocycles. The predicted molar refractivity (Wildman–Crippen MR) is 108 cm³/mol. The Labute approximate surface area is 168 Å². The number of benzene rings is 1. The van der Waals surface area contributed by atoms with Crippen molar-refractivity contribution in [1.29, 1.82) is 5.26 Å². The Balaban J connectivity index is 1.56. The maximum atomic E-state index is 9.56. The van der Waals surface area contributed by atoms with Crippen molar-refractivity contribution < 1.29 is 4.52 Å². The summed E-state index contributed by atoms with van der Waals surface area (Å²) in [6.45, 7) is 6.09. The number of fused-ring (bicyclic) bond motifs is 2. The van der Waals surface area contributed by atoms with Crippen LogP contribution in [0.3, 0.4) is 0 Å². The van der Waals surface area contributed by atoms with Gasteiger partial charge < -0.3 is 14.4 Å². The van der Waals surface area contributed by atoms with Gasteiger partial charge >= 0.3 is 0 Å². The van der Waals surface area contributed by atoms with Crippen LogP contribution >= 0.6 is 0 Å². The van der Waals surface area contributed by atoms with E-state index in [2.05, 4.69) is 31.1 Å². The van der Waals surface area contributed by atoms with E-state index < -0.39 is 0 Å². The molecule has 0 bridgehead atoms. The van der Waals surface area contributed by atoms with Crippen LogP contribution in [-0.2, 0) is 19.5 Å². The van der Waals surface area contributed by atoms with Gasteiger partial charge in [0.15, 0.2) is 0 Å². The van der Waals surface area contributed by atoms with Gasteiger partial charge in [0.2, 0.25) is 11.7 Å². The number of nitriles is 1. The van der Waals surface area contributed by atoms with Crippen molar-refractivity contribution in [1.82, 2.24) is 25.0 Å². The average Bonchev–Trinajstić information content (AvgIpc) is 3.31. The van der Waals surface area contributed by atoms with Crippen molar-refractivity contribution in [3.8, 4) is 17.5 Å². The molecule has 7 heteroatoms. The molecule has 3 aromatic heterocycles. The molecular formula is C22H20N6O. The van der Waals surface area contributed by atoms with E-state index in [9.17, 15) is 5.26 Å². The number of rotatable bonds is 3. The van der Waals surface area contributed by atoms with Gasteiger partial charge in [0.05, 0.1) is 11.1 Å². The minimum Gasteiger partial charge on any atom is -0.337 e. The molecule has 0 fully saturated rings. The smallest absolute Gasteiger partial charge is 0.246 e. The Morgan fingerprint density at radius 1 is 1.28 bits per heavy atom.